The molecule has 1 heterocycles. The van der Waals surface area contributed by atoms with Crippen LogP contribution in [-0.2, 0) is 9.47 Å². The van der Waals surface area contributed by atoms with Gasteiger partial charge in [-0.15, -0.1) is 0 Å². The number of aliphatic hydroxyl groups is 4. The second kappa shape index (κ2) is 7.03. The molecule has 0 spiro atoms. The van der Waals surface area contributed by atoms with Gasteiger partial charge in [-0.1, -0.05) is 0 Å². The molecule has 0 saturated carbocycles. The molecule has 5 atom stereocenters. The van der Waals surface area contributed by atoms with Crippen LogP contribution in [0.5, 0.6) is 5.75 Å². The minimum atomic E-state index is -1.67. The Labute approximate surface area is 126 Å². The van der Waals surface area contributed by atoms with E-state index in [4.69, 9.17) is 19.3 Å². The Morgan fingerprint density at radius 2 is 1.82 bits per heavy atom. The van der Waals surface area contributed by atoms with Crippen molar-refractivity contribution in [2.75, 3.05) is 13.7 Å². The second-order valence-corrected chi connectivity index (χ2v) is 4.83. The number of ether oxygens (including phenoxy) is 3. The number of aliphatic hydroxyl groups excluding tert-OH is 4. The lowest BCUT2D eigenvalue weighted by Crippen LogP contribution is -2.59. The summed E-state index contributed by atoms with van der Waals surface area (Å²) in [5.74, 6) is -0.241. The van der Waals surface area contributed by atoms with Crippen LogP contribution in [0, 0.1) is 0 Å². The van der Waals surface area contributed by atoms with E-state index < -0.39 is 43.3 Å². The average molecular weight is 314 g/mol. The maximum atomic E-state index is 12.0. The first-order chi connectivity index (χ1) is 10.5. The summed E-state index contributed by atoms with van der Waals surface area (Å²) in [7, 11) is 1.48. The fourth-order valence-electron chi connectivity index (χ4n) is 2.13. The average Bonchev–Trinajstić information content (AvgIpc) is 2.54. The number of rotatable bonds is 4. The van der Waals surface area contributed by atoms with Crippen molar-refractivity contribution in [1.29, 1.82) is 0 Å². The highest BCUT2D eigenvalue weighted by molar-refractivity contribution is 5.89. The van der Waals surface area contributed by atoms with E-state index in [1.165, 1.54) is 19.2 Å². The highest BCUT2D eigenvalue weighted by Gasteiger charge is 2.46. The molecule has 1 aliphatic heterocycles. The summed E-state index contributed by atoms with van der Waals surface area (Å²) >= 11 is 0. The summed E-state index contributed by atoms with van der Waals surface area (Å²) in [5, 5.41) is 38.3. The van der Waals surface area contributed by atoms with Crippen LogP contribution in [0.2, 0.25) is 0 Å². The number of carbonyl (C=O) groups is 1. The Balaban J connectivity index is 2.10. The van der Waals surface area contributed by atoms with Crippen molar-refractivity contribution in [1.82, 2.24) is 0 Å². The molecule has 122 valence electrons. The number of benzene rings is 1. The maximum absolute atomic E-state index is 12.0. The number of hydrogen-bond donors (Lipinski definition) is 4. The fraction of sp³-hybridized carbons (Fsp3) is 0.500. The van der Waals surface area contributed by atoms with Crippen molar-refractivity contribution in [3.63, 3.8) is 0 Å². The van der Waals surface area contributed by atoms with Gasteiger partial charge in [-0.3, -0.25) is 0 Å². The molecule has 8 heteroatoms. The summed E-state index contributed by atoms with van der Waals surface area (Å²) in [6, 6.07) is 6.02. The normalized spacial score (nSPS) is 31.6. The Bertz CT molecular complexity index is 502. The highest BCUT2D eigenvalue weighted by Crippen LogP contribution is 2.23. The van der Waals surface area contributed by atoms with Crippen LogP contribution in [0.15, 0.2) is 24.3 Å². The van der Waals surface area contributed by atoms with Crippen LogP contribution in [0.4, 0.5) is 0 Å². The Kier molecular flexibility index (Phi) is 5.33. The highest BCUT2D eigenvalue weighted by atomic mass is 16.7. The van der Waals surface area contributed by atoms with E-state index in [1.807, 2.05) is 0 Å². The minimum absolute atomic E-state index is 0.182. The van der Waals surface area contributed by atoms with Crippen LogP contribution in [0.25, 0.3) is 0 Å². The third kappa shape index (κ3) is 3.37. The van der Waals surface area contributed by atoms with E-state index in [-0.39, 0.29) is 5.56 Å². The van der Waals surface area contributed by atoms with Gasteiger partial charge < -0.3 is 34.6 Å². The molecule has 5 unspecified atom stereocenters. The molecule has 1 saturated heterocycles. The standard InChI is InChI=1S/C14H18O8/c1-20-8-4-2-7(3-5-8)13(18)22-12-10(16)9(6-15)21-14(19)11(12)17/h2-5,9-12,14-17,19H,6H2,1H3. The van der Waals surface area contributed by atoms with E-state index in [1.54, 1.807) is 12.1 Å². The molecular formula is C14H18O8. The molecule has 1 fully saturated rings. The SMILES string of the molecule is COc1ccc(C(=O)OC2C(O)C(O)OC(CO)C2O)cc1. The zero-order valence-electron chi connectivity index (χ0n) is 11.8. The molecule has 22 heavy (non-hydrogen) atoms. The van der Waals surface area contributed by atoms with Crippen LogP contribution in [0.3, 0.4) is 0 Å². The van der Waals surface area contributed by atoms with Crippen LogP contribution >= 0.6 is 0 Å². The molecule has 1 aromatic carbocycles. The zero-order valence-corrected chi connectivity index (χ0v) is 11.8. The molecule has 1 aliphatic rings. The predicted molar refractivity (Wildman–Crippen MR) is 72.2 cm³/mol. The van der Waals surface area contributed by atoms with Crippen molar-refractivity contribution in [3.05, 3.63) is 29.8 Å². The first kappa shape index (κ1) is 16.7. The number of hydrogen-bond acceptors (Lipinski definition) is 8. The Morgan fingerprint density at radius 3 is 2.36 bits per heavy atom. The maximum Gasteiger partial charge on any atom is 0.338 e. The van der Waals surface area contributed by atoms with Gasteiger partial charge in [-0.2, -0.15) is 0 Å². The molecule has 0 amide bonds. The summed E-state index contributed by atoms with van der Waals surface area (Å²) < 4.78 is 14.8. The Hall–Kier alpha value is -1.71. The largest absolute Gasteiger partial charge is 0.497 e. The van der Waals surface area contributed by atoms with Gasteiger partial charge in [0.1, 0.15) is 24.1 Å². The van der Waals surface area contributed by atoms with Gasteiger partial charge in [-0.25, -0.2) is 4.79 Å². The molecule has 1 aromatic rings. The van der Waals surface area contributed by atoms with Gasteiger partial charge >= 0.3 is 5.97 Å². The smallest absolute Gasteiger partial charge is 0.338 e. The zero-order chi connectivity index (χ0) is 16.3. The first-order valence-electron chi connectivity index (χ1n) is 6.63. The Morgan fingerprint density at radius 1 is 1.18 bits per heavy atom. The van der Waals surface area contributed by atoms with Crippen LogP contribution < -0.4 is 4.74 Å². The van der Waals surface area contributed by atoms with Crippen molar-refractivity contribution in [3.8, 4) is 5.75 Å². The van der Waals surface area contributed by atoms with Gasteiger partial charge in [0.15, 0.2) is 12.4 Å². The van der Waals surface area contributed by atoms with E-state index in [0.717, 1.165) is 0 Å². The monoisotopic (exact) mass is 314 g/mol. The van der Waals surface area contributed by atoms with E-state index >= 15 is 0 Å². The number of esters is 1. The quantitative estimate of drug-likeness (QED) is 0.503. The van der Waals surface area contributed by atoms with Crippen LogP contribution in [0.1, 0.15) is 10.4 Å². The first-order valence-corrected chi connectivity index (χ1v) is 6.63. The molecule has 8 nitrogen and oxygen atoms in total. The topological polar surface area (TPSA) is 126 Å². The summed E-state index contributed by atoms with van der Waals surface area (Å²) in [5.41, 5.74) is 0.182. The molecule has 0 bridgehead atoms. The predicted octanol–water partition coefficient (Wildman–Crippen LogP) is -1.35. The summed E-state index contributed by atoms with van der Waals surface area (Å²) in [6.07, 6.45) is -7.35. The van der Waals surface area contributed by atoms with Crippen molar-refractivity contribution in [2.45, 2.75) is 30.7 Å². The van der Waals surface area contributed by atoms with Crippen molar-refractivity contribution < 1.29 is 39.4 Å². The number of methoxy groups -OCH3 is 1. The molecule has 4 N–H and O–H groups in total. The number of carbonyl (C=O) groups excluding carboxylic acids is 1. The van der Waals surface area contributed by atoms with E-state index in [9.17, 15) is 20.1 Å². The molecular weight excluding hydrogens is 296 g/mol. The minimum Gasteiger partial charge on any atom is -0.497 e. The van der Waals surface area contributed by atoms with Gasteiger partial charge in [0.05, 0.1) is 19.3 Å². The summed E-state index contributed by atoms with van der Waals surface area (Å²) in [6.45, 7) is -0.596. The molecule has 0 radical (unpaired) electrons. The van der Waals surface area contributed by atoms with Crippen LogP contribution in [-0.4, -0.2) is 70.8 Å². The molecule has 2 rings (SSSR count). The lowest BCUT2D eigenvalue weighted by atomic mass is 9.99. The molecule has 0 aromatic heterocycles. The van der Waals surface area contributed by atoms with E-state index in [2.05, 4.69) is 0 Å². The van der Waals surface area contributed by atoms with Gasteiger partial charge in [0.2, 0.25) is 0 Å². The van der Waals surface area contributed by atoms with Gasteiger partial charge in [0, 0.05) is 0 Å². The lowest BCUT2D eigenvalue weighted by Gasteiger charge is -2.39. The van der Waals surface area contributed by atoms with Gasteiger partial charge in [0.25, 0.3) is 0 Å². The van der Waals surface area contributed by atoms with Crippen molar-refractivity contribution in [2.24, 2.45) is 0 Å². The third-order valence-electron chi connectivity index (χ3n) is 3.41. The van der Waals surface area contributed by atoms with Crippen molar-refractivity contribution >= 4 is 5.97 Å². The lowest BCUT2D eigenvalue weighted by molar-refractivity contribution is -0.285. The van der Waals surface area contributed by atoms with Gasteiger partial charge in [-0.05, 0) is 24.3 Å². The molecule has 0 aliphatic carbocycles. The fourth-order valence-corrected chi connectivity index (χ4v) is 2.13. The second-order valence-electron chi connectivity index (χ2n) is 4.83. The van der Waals surface area contributed by atoms with E-state index in [0.29, 0.717) is 5.75 Å². The summed E-state index contributed by atoms with van der Waals surface area (Å²) in [4.78, 5) is 12.0. The third-order valence-corrected chi connectivity index (χ3v) is 3.41.